The van der Waals surface area contributed by atoms with Gasteiger partial charge in [-0.05, 0) is 18.6 Å². The van der Waals surface area contributed by atoms with Crippen LogP contribution in [0.25, 0.3) is 0 Å². The van der Waals surface area contributed by atoms with Crippen LogP contribution in [0.4, 0.5) is 13.2 Å². The molecule has 0 aliphatic heterocycles. The van der Waals surface area contributed by atoms with Crippen LogP contribution in [-0.2, 0) is 20.8 Å². The van der Waals surface area contributed by atoms with E-state index in [1.54, 1.807) is 0 Å². The van der Waals surface area contributed by atoms with E-state index in [2.05, 4.69) is 0 Å². The number of rotatable bonds is 2. The SMILES string of the molecule is O=C1CCC(S(=O)(=O)c2ccccc2C(F)(F)F)C1. The summed E-state index contributed by atoms with van der Waals surface area (Å²) in [6.45, 7) is 0. The van der Waals surface area contributed by atoms with E-state index < -0.39 is 31.7 Å². The molecule has 0 amide bonds. The van der Waals surface area contributed by atoms with E-state index in [-0.39, 0.29) is 25.0 Å². The second kappa shape index (κ2) is 4.63. The number of alkyl halides is 3. The number of ketones is 1. The summed E-state index contributed by atoms with van der Waals surface area (Å²) in [5.41, 5.74) is -1.17. The topological polar surface area (TPSA) is 51.2 Å². The van der Waals surface area contributed by atoms with Crippen molar-refractivity contribution < 1.29 is 26.4 Å². The zero-order valence-electron chi connectivity index (χ0n) is 9.77. The predicted octanol–water partition coefficient (Wildman–Crippen LogP) is 2.60. The fourth-order valence-corrected chi connectivity index (χ4v) is 4.12. The van der Waals surface area contributed by atoms with Crippen LogP contribution in [0.3, 0.4) is 0 Å². The largest absolute Gasteiger partial charge is 0.417 e. The molecule has 19 heavy (non-hydrogen) atoms. The molecule has 1 saturated carbocycles. The molecule has 1 aliphatic rings. The van der Waals surface area contributed by atoms with Gasteiger partial charge in [-0.1, -0.05) is 12.1 Å². The van der Waals surface area contributed by atoms with E-state index in [9.17, 15) is 26.4 Å². The van der Waals surface area contributed by atoms with Crippen molar-refractivity contribution in [3.63, 3.8) is 0 Å². The van der Waals surface area contributed by atoms with Crippen molar-refractivity contribution in [1.82, 2.24) is 0 Å². The van der Waals surface area contributed by atoms with Crippen LogP contribution in [0.1, 0.15) is 24.8 Å². The van der Waals surface area contributed by atoms with Gasteiger partial charge in [0.15, 0.2) is 9.84 Å². The lowest BCUT2D eigenvalue weighted by Gasteiger charge is -2.16. The summed E-state index contributed by atoms with van der Waals surface area (Å²) < 4.78 is 62.8. The normalized spacial score (nSPS) is 20.8. The molecule has 0 bridgehead atoms. The number of carbonyl (C=O) groups excluding carboxylic acids is 1. The molecule has 2 rings (SSSR count). The van der Waals surface area contributed by atoms with E-state index in [1.807, 2.05) is 0 Å². The van der Waals surface area contributed by atoms with Crippen molar-refractivity contribution in [1.29, 1.82) is 0 Å². The molecular weight excluding hydrogens is 281 g/mol. The van der Waals surface area contributed by atoms with Gasteiger partial charge in [0.25, 0.3) is 0 Å². The summed E-state index contributed by atoms with van der Waals surface area (Å²) >= 11 is 0. The standard InChI is InChI=1S/C12H11F3O3S/c13-12(14,15)10-3-1-2-4-11(10)19(17,18)9-6-5-8(16)7-9/h1-4,9H,5-7H2. The Morgan fingerprint density at radius 2 is 1.79 bits per heavy atom. The van der Waals surface area contributed by atoms with Crippen LogP contribution in [0, 0.1) is 0 Å². The molecule has 1 unspecified atom stereocenters. The van der Waals surface area contributed by atoms with Gasteiger partial charge in [-0.15, -0.1) is 0 Å². The van der Waals surface area contributed by atoms with Crippen LogP contribution in [0.2, 0.25) is 0 Å². The molecule has 1 aromatic rings. The van der Waals surface area contributed by atoms with Crippen molar-refractivity contribution in [3.05, 3.63) is 29.8 Å². The third-order valence-corrected chi connectivity index (χ3v) is 5.39. The quantitative estimate of drug-likeness (QED) is 0.842. The number of carbonyl (C=O) groups is 1. The number of hydrogen-bond donors (Lipinski definition) is 0. The molecular formula is C12H11F3O3S. The van der Waals surface area contributed by atoms with Crippen LogP contribution < -0.4 is 0 Å². The fourth-order valence-electron chi connectivity index (χ4n) is 2.17. The number of sulfone groups is 1. The highest BCUT2D eigenvalue weighted by Gasteiger charge is 2.41. The molecule has 1 aromatic carbocycles. The van der Waals surface area contributed by atoms with E-state index in [0.29, 0.717) is 0 Å². The fraction of sp³-hybridized carbons (Fsp3) is 0.417. The highest BCUT2D eigenvalue weighted by molar-refractivity contribution is 7.92. The molecule has 0 aromatic heterocycles. The van der Waals surface area contributed by atoms with Crippen LogP contribution in [0.15, 0.2) is 29.2 Å². The van der Waals surface area contributed by atoms with Gasteiger partial charge in [-0.25, -0.2) is 8.42 Å². The first-order valence-corrected chi connectivity index (χ1v) is 7.19. The predicted molar refractivity (Wildman–Crippen MR) is 61.3 cm³/mol. The smallest absolute Gasteiger partial charge is 0.300 e. The summed E-state index contributed by atoms with van der Waals surface area (Å²) in [7, 11) is -4.13. The van der Waals surface area contributed by atoms with Crippen molar-refractivity contribution in [2.75, 3.05) is 0 Å². The Kier molecular flexibility index (Phi) is 3.42. The first kappa shape index (κ1) is 14.0. The van der Waals surface area contributed by atoms with E-state index in [4.69, 9.17) is 0 Å². The molecule has 0 N–H and O–H groups in total. The monoisotopic (exact) mass is 292 g/mol. The summed E-state index contributed by atoms with van der Waals surface area (Å²) in [6, 6.07) is 4.07. The minimum atomic E-state index is -4.73. The summed E-state index contributed by atoms with van der Waals surface area (Å²) in [6.07, 6.45) is -4.73. The van der Waals surface area contributed by atoms with E-state index in [0.717, 1.165) is 18.2 Å². The lowest BCUT2D eigenvalue weighted by atomic mass is 10.2. The molecule has 104 valence electrons. The zero-order chi connectivity index (χ0) is 14.3. The Balaban J connectivity index is 2.50. The summed E-state index contributed by atoms with van der Waals surface area (Å²) in [5, 5.41) is -1.04. The van der Waals surface area contributed by atoms with E-state index >= 15 is 0 Å². The van der Waals surface area contributed by atoms with Gasteiger partial charge in [0, 0.05) is 12.8 Å². The molecule has 0 spiro atoms. The third-order valence-electron chi connectivity index (χ3n) is 3.14. The molecule has 0 saturated heterocycles. The van der Waals surface area contributed by atoms with Gasteiger partial charge >= 0.3 is 6.18 Å². The molecule has 0 radical (unpaired) electrons. The van der Waals surface area contributed by atoms with Gasteiger partial charge in [0.2, 0.25) is 0 Å². The number of halogens is 3. The lowest BCUT2D eigenvalue weighted by molar-refractivity contribution is -0.139. The zero-order valence-corrected chi connectivity index (χ0v) is 10.6. The lowest BCUT2D eigenvalue weighted by Crippen LogP contribution is -2.22. The second-order valence-corrected chi connectivity index (χ2v) is 6.64. The van der Waals surface area contributed by atoms with Gasteiger partial charge in [0.1, 0.15) is 5.78 Å². The van der Waals surface area contributed by atoms with Crippen molar-refractivity contribution in [3.8, 4) is 0 Å². The minimum absolute atomic E-state index is 0.0906. The highest BCUT2D eigenvalue weighted by atomic mass is 32.2. The van der Waals surface area contributed by atoms with Crippen LogP contribution >= 0.6 is 0 Å². The van der Waals surface area contributed by atoms with Gasteiger partial charge in [0.05, 0.1) is 15.7 Å². The maximum atomic E-state index is 12.8. The maximum Gasteiger partial charge on any atom is 0.417 e. The van der Waals surface area contributed by atoms with Gasteiger partial charge in [-0.2, -0.15) is 13.2 Å². The summed E-state index contributed by atoms with van der Waals surface area (Å²) in [5.74, 6) is -0.224. The van der Waals surface area contributed by atoms with Crippen LogP contribution in [-0.4, -0.2) is 19.5 Å². The Hall–Kier alpha value is -1.37. The Morgan fingerprint density at radius 1 is 1.16 bits per heavy atom. The number of benzene rings is 1. The highest BCUT2D eigenvalue weighted by Crippen LogP contribution is 2.37. The molecule has 0 heterocycles. The first-order valence-electron chi connectivity index (χ1n) is 5.65. The molecule has 1 atom stereocenters. The first-order chi connectivity index (χ1) is 8.73. The average molecular weight is 292 g/mol. The number of Topliss-reactive ketones (excluding diaryl/α,β-unsaturated/α-hetero) is 1. The Labute approximate surface area is 108 Å². The van der Waals surface area contributed by atoms with Gasteiger partial charge in [-0.3, -0.25) is 4.79 Å². The Morgan fingerprint density at radius 3 is 2.32 bits per heavy atom. The molecule has 3 nitrogen and oxygen atoms in total. The molecule has 7 heteroatoms. The Bertz CT molecular complexity index is 605. The molecule has 1 aliphatic carbocycles. The molecule has 1 fully saturated rings. The van der Waals surface area contributed by atoms with Crippen molar-refractivity contribution in [2.24, 2.45) is 0 Å². The average Bonchev–Trinajstić information content (AvgIpc) is 2.75. The third kappa shape index (κ3) is 2.65. The minimum Gasteiger partial charge on any atom is -0.300 e. The van der Waals surface area contributed by atoms with Crippen molar-refractivity contribution in [2.45, 2.75) is 35.6 Å². The maximum absolute atomic E-state index is 12.8. The van der Waals surface area contributed by atoms with Gasteiger partial charge < -0.3 is 0 Å². The van der Waals surface area contributed by atoms with E-state index in [1.165, 1.54) is 6.07 Å². The second-order valence-electron chi connectivity index (χ2n) is 4.44. The summed E-state index contributed by atoms with van der Waals surface area (Å²) in [4.78, 5) is 10.4. The number of hydrogen-bond acceptors (Lipinski definition) is 3. The van der Waals surface area contributed by atoms with Crippen LogP contribution in [0.5, 0.6) is 0 Å². The van der Waals surface area contributed by atoms with Crippen molar-refractivity contribution >= 4 is 15.6 Å².